The van der Waals surface area contributed by atoms with Gasteiger partial charge in [-0.25, -0.2) is 14.4 Å². The van der Waals surface area contributed by atoms with Crippen LogP contribution in [0, 0.1) is 5.82 Å². The summed E-state index contributed by atoms with van der Waals surface area (Å²) in [6.45, 7) is 2.91. The van der Waals surface area contributed by atoms with Gasteiger partial charge in [0, 0.05) is 42.1 Å². The Hall–Kier alpha value is -3.46. The monoisotopic (exact) mass is 477 g/mol. The molecule has 0 bridgehead atoms. The Morgan fingerprint density at radius 2 is 1.91 bits per heavy atom. The van der Waals surface area contributed by atoms with Crippen molar-refractivity contribution in [3.8, 4) is 11.4 Å². The Morgan fingerprint density at radius 1 is 1.15 bits per heavy atom. The molecule has 9 heteroatoms. The lowest BCUT2D eigenvalue weighted by Gasteiger charge is -2.26. The number of halogens is 1. The number of nitrogens with one attached hydrogen (secondary N) is 1. The van der Waals surface area contributed by atoms with Gasteiger partial charge in [-0.1, -0.05) is 30.0 Å². The van der Waals surface area contributed by atoms with E-state index in [-0.39, 0.29) is 28.7 Å². The fraction of sp³-hybridized carbons (Fsp3) is 0.280. The number of hydrogen-bond acceptors (Lipinski definition) is 6. The van der Waals surface area contributed by atoms with Crippen molar-refractivity contribution < 1.29 is 9.18 Å². The summed E-state index contributed by atoms with van der Waals surface area (Å²) >= 11 is 1.45. The lowest BCUT2D eigenvalue weighted by molar-refractivity contribution is -0.128. The highest BCUT2D eigenvalue weighted by Gasteiger charge is 2.36. The van der Waals surface area contributed by atoms with Crippen LogP contribution in [0.15, 0.2) is 71.5 Å². The molecule has 174 valence electrons. The predicted octanol–water partition coefficient (Wildman–Crippen LogP) is 3.49. The van der Waals surface area contributed by atoms with Gasteiger partial charge in [-0.15, -0.1) is 0 Å². The van der Waals surface area contributed by atoms with Gasteiger partial charge in [0.2, 0.25) is 0 Å². The minimum atomic E-state index is -0.351. The summed E-state index contributed by atoms with van der Waals surface area (Å²) in [5.41, 5.74) is 1.08. The fourth-order valence-electron chi connectivity index (χ4n) is 4.49. The van der Waals surface area contributed by atoms with Gasteiger partial charge in [0.25, 0.3) is 11.5 Å². The van der Waals surface area contributed by atoms with E-state index in [1.807, 2.05) is 6.92 Å². The zero-order chi connectivity index (χ0) is 23.7. The zero-order valence-electron chi connectivity index (χ0n) is 18.6. The van der Waals surface area contributed by atoms with E-state index in [4.69, 9.17) is 0 Å². The summed E-state index contributed by atoms with van der Waals surface area (Å²) in [4.78, 5) is 37.6. The number of benzene rings is 1. The molecule has 2 aliphatic heterocycles. The first-order valence-corrected chi connectivity index (χ1v) is 12.1. The Labute approximate surface area is 200 Å². The topological polar surface area (TPSA) is 80.1 Å². The standard InChI is InChI=1S/C25H24FN5O2S/c1-16-29-21(22(34-16)18-8-2-3-10-20(18)26)25(33)31-14-4-7-17(31)15-30-13-5-9-19(24(30)32)23-27-11-6-12-28-23/h2-3,5-6,8-13,16-17,29H,4,7,14-15H2,1H3/t16?,17-/m0/s1. The van der Waals surface area contributed by atoms with E-state index in [9.17, 15) is 14.0 Å². The second-order valence-corrected chi connectivity index (χ2v) is 9.69. The normalized spacial score (nSPS) is 20.0. The molecule has 2 atom stereocenters. The van der Waals surface area contributed by atoms with Crippen molar-refractivity contribution >= 4 is 22.6 Å². The average molecular weight is 478 g/mol. The van der Waals surface area contributed by atoms with E-state index in [2.05, 4.69) is 15.3 Å². The van der Waals surface area contributed by atoms with Gasteiger partial charge in [-0.3, -0.25) is 9.59 Å². The summed E-state index contributed by atoms with van der Waals surface area (Å²) in [5, 5.41) is 3.19. The number of nitrogens with zero attached hydrogens (tertiary/aromatic N) is 4. The zero-order valence-corrected chi connectivity index (χ0v) is 19.5. The van der Waals surface area contributed by atoms with Crippen molar-refractivity contribution in [2.45, 2.75) is 37.7 Å². The number of likely N-dealkylation sites (tertiary alicyclic amines) is 1. The molecule has 7 nitrogen and oxygen atoms in total. The van der Waals surface area contributed by atoms with Crippen LogP contribution in [-0.2, 0) is 11.3 Å². The third-order valence-electron chi connectivity index (χ3n) is 6.07. The molecule has 1 saturated heterocycles. The summed E-state index contributed by atoms with van der Waals surface area (Å²) < 4.78 is 16.1. The maximum Gasteiger partial charge on any atom is 0.271 e. The first kappa shape index (κ1) is 22.3. The van der Waals surface area contributed by atoms with Crippen molar-refractivity contribution in [3.63, 3.8) is 0 Å². The third-order valence-corrected chi connectivity index (χ3v) is 7.21. The summed E-state index contributed by atoms with van der Waals surface area (Å²) in [6, 6.07) is 11.6. The van der Waals surface area contributed by atoms with Crippen LogP contribution >= 0.6 is 11.8 Å². The Bertz CT molecular complexity index is 1310. The van der Waals surface area contributed by atoms with Crippen molar-refractivity contribution in [1.29, 1.82) is 0 Å². The molecule has 34 heavy (non-hydrogen) atoms. The molecule has 1 aromatic carbocycles. The number of carbonyl (C=O) groups is 1. The van der Waals surface area contributed by atoms with Crippen LogP contribution in [0.5, 0.6) is 0 Å². The first-order valence-electron chi connectivity index (χ1n) is 11.2. The summed E-state index contributed by atoms with van der Waals surface area (Å²) in [5.74, 6) is -0.133. The number of rotatable bonds is 5. The third kappa shape index (κ3) is 4.23. The van der Waals surface area contributed by atoms with E-state index < -0.39 is 0 Å². The highest BCUT2D eigenvalue weighted by molar-refractivity contribution is 8.09. The fourth-order valence-corrected chi connectivity index (χ4v) is 5.58. The van der Waals surface area contributed by atoms with Crippen molar-refractivity contribution in [1.82, 2.24) is 24.8 Å². The van der Waals surface area contributed by atoms with Gasteiger partial charge in [0.1, 0.15) is 11.5 Å². The molecule has 2 aromatic heterocycles. The average Bonchev–Trinajstić information content (AvgIpc) is 3.47. The molecule has 0 radical (unpaired) electrons. The predicted molar refractivity (Wildman–Crippen MR) is 130 cm³/mol. The number of amides is 1. The van der Waals surface area contributed by atoms with Gasteiger partial charge in [-0.2, -0.15) is 0 Å². The summed E-state index contributed by atoms with van der Waals surface area (Å²) in [7, 11) is 0. The van der Waals surface area contributed by atoms with Gasteiger partial charge in [0.05, 0.1) is 17.0 Å². The lowest BCUT2D eigenvalue weighted by Crippen LogP contribution is -2.43. The van der Waals surface area contributed by atoms with Gasteiger partial charge < -0.3 is 14.8 Å². The van der Waals surface area contributed by atoms with Crippen LogP contribution in [0.4, 0.5) is 4.39 Å². The summed E-state index contributed by atoms with van der Waals surface area (Å²) in [6.07, 6.45) is 6.56. The molecule has 0 saturated carbocycles. The molecule has 4 heterocycles. The Morgan fingerprint density at radius 3 is 2.71 bits per heavy atom. The smallest absolute Gasteiger partial charge is 0.271 e. The van der Waals surface area contributed by atoms with E-state index in [1.165, 1.54) is 17.8 Å². The molecule has 1 N–H and O–H groups in total. The molecular weight excluding hydrogens is 453 g/mol. The molecule has 2 aliphatic rings. The molecule has 5 rings (SSSR count). The first-order chi connectivity index (χ1) is 16.5. The maximum atomic E-state index is 14.5. The SMILES string of the molecule is CC1NC(C(=O)N2CCC[C@H]2Cn2cccc(-c3ncccn3)c2=O)=C(c2ccccc2F)S1. The molecule has 3 aromatic rings. The van der Waals surface area contributed by atoms with Crippen LogP contribution < -0.4 is 10.9 Å². The van der Waals surface area contributed by atoms with Gasteiger partial charge in [0.15, 0.2) is 5.82 Å². The maximum absolute atomic E-state index is 14.5. The van der Waals surface area contributed by atoms with Gasteiger partial charge in [-0.05, 0) is 44.0 Å². The number of carbonyl (C=O) groups excluding carboxylic acids is 1. The minimum absolute atomic E-state index is 0.0419. The van der Waals surface area contributed by atoms with Crippen molar-refractivity contribution in [2.24, 2.45) is 0 Å². The molecule has 1 fully saturated rings. The van der Waals surface area contributed by atoms with Crippen LogP contribution in [0.1, 0.15) is 25.3 Å². The minimum Gasteiger partial charge on any atom is -0.368 e. The largest absolute Gasteiger partial charge is 0.368 e. The molecular formula is C25H24FN5O2S. The van der Waals surface area contributed by atoms with E-state index >= 15 is 0 Å². The van der Waals surface area contributed by atoms with Crippen LogP contribution in [0.25, 0.3) is 16.3 Å². The molecule has 0 spiro atoms. The van der Waals surface area contributed by atoms with Crippen LogP contribution in [0.3, 0.4) is 0 Å². The molecule has 1 amide bonds. The lowest BCUT2D eigenvalue weighted by atomic mass is 10.1. The number of hydrogen-bond donors (Lipinski definition) is 1. The van der Waals surface area contributed by atoms with E-state index in [0.29, 0.717) is 40.6 Å². The van der Waals surface area contributed by atoms with Crippen molar-refractivity contribution in [3.05, 3.63) is 88.5 Å². The number of aromatic nitrogens is 3. The Balaban J connectivity index is 1.43. The molecule has 0 aliphatic carbocycles. The highest BCUT2D eigenvalue weighted by atomic mass is 32.2. The second-order valence-electron chi connectivity index (χ2n) is 8.33. The van der Waals surface area contributed by atoms with E-state index in [1.54, 1.807) is 64.5 Å². The number of pyridine rings is 1. The van der Waals surface area contributed by atoms with Crippen LogP contribution in [-0.4, -0.2) is 43.3 Å². The van der Waals surface area contributed by atoms with Gasteiger partial charge >= 0.3 is 0 Å². The van der Waals surface area contributed by atoms with Crippen molar-refractivity contribution in [2.75, 3.05) is 6.54 Å². The van der Waals surface area contributed by atoms with Crippen LogP contribution in [0.2, 0.25) is 0 Å². The number of thioether (sulfide) groups is 1. The highest BCUT2D eigenvalue weighted by Crippen LogP contribution is 2.40. The van der Waals surface area contributed by atoms with E-state index in [0.717, 1.165) is 12.8 Å². The molecule has 1 unspecified atom stereocenters. The second kappa shape index (κ2) is 9.42. The Kier molecular flexibility index (Phi) is 6.19. The quantitative estimate of drug-likeness (QED) is 0.606.